The molecule has 0 bridgehead atoms. The minimum atomic E-state index is -0.215. The molecule has 1 saturated heterocycles. The van der Waals surface area contributed by atoms with E-state index in [1.54, 1.807) is 6.20 Å². The molecule has 0 aliphatic carbocycles. The second-order valence-corrected chi connectivity index (χ2v) is 6.79. The Hall–Kier alpha value is -2.15. The number of halogens is 1. The highest BCUT2D eigenvalue weighted by Gasteiger charge is 2.29. The number of amides is 1. The molecular weight excluding hydrogens is 372 g/mol. The van der Waals surface area contributed by atoms with E-state index < -0.39 is 0 Å². The van der Waals surface area contributed by atoms with Gasteiger partial charge in [-0.05, 0) is 46.6 Å². The summed E-state index contributed by atoms with van der Waals surface area (Å²) in [6.07, 6.45) is 1.74. The number of rotatable bonds is 3. The van der Waals surface area contributed by atoms with Crippen molar-refractivity contribution in [1.82, 2.24) is 15.6 Å². The lowest BCUT2D eigenvalue weighted by atomic mass is 9.99. The van der Waals surface area contributed by atoms with Crippen molar-refractivity contribution in [3.8, 4) is 0 Å². The van der Waals surface area contributed by atoms with E-state index in [4.69, 9.17) is 28.6 Å². The number of fused-ring (bicyclic) bond motifs is 1. The van der Waals surface area contributed by atoms with Crippen LogP contribution in [0.2, 0.25) is 5.02 Å². The normalized spacial score (nSPS) is 19.7. The SMILES string of the molecule is O=C1NC(=C=S)N(Cc2ccc(Cl)cc2[C@@H]2COCCN2)c2cc[nH]c21. The molecule has 3 heterocycles. The molecule has 6 nitrogen and oxygen atoms in total. The van der Waals surface area contributed by atoms with Gasteiger partial charge < -0.3 is 19.9 Å². The van der Waals surface area contributed by atoms with E-state index in [9.17, 15) is 4.79 Å². The molecule has 134 valence electrons. The number of hydrogen-bond acceptors (Lipinski definition) is 5. The van der Waals surface area contributed by atoms with Gasteiger partial charge in [-0.1, -0.05) is 17.7 Å². The van der Waals surface area contributed by atoms with Crippen LogP contribution in [0.4, 0.5) is 5.69 Å². The molecule has 4 rings (SSSR count). The van der Waals surface area contributed by atoms with Crippen LogP contribution in [0.1, 0.15) is 27.7 Å². The summed E-state index contributed by atoms with van der Waals surface area (Å²) in [5.74, 6) is 0.248. The van der Waals surface area contributed by atoms with Gasteiger partial charge in [0.15, 0.2) is 5.82 Å². The number of hydrogen-bond donors (Lipinski definition) is 3. The fourth-order valence-corrected chi connectivity index (χ4v) is 3.68. The van der Waals surface area contributed by atoms with Crippen LogP contribution in [0.15, 0.2) is 36.3 Å². The summed E-state index contributed by atoms with van der Waals surface area (Å²) in [5, 5.41) is 9.58. The largest absolute Gasteiger partial charge is 0.378 e. The molecule has 0 radical (unpaired) electrons. The van der Waals surface area contributed by atoms with Gasteiger partial charge in [-0.25, -0.2) is 0 Å². The van der Waals surface area contributed by atoms with Gasteiger partial charge >= 0.3 is 0 Å². The number of nitrogens with one attached hydrogen (secondary N) is 3. The average Bonchev–Trinajstić information content (AvgIpc) is 3.16. The van der Waals surface area contributed by atoms with Crippen molar-refractivity contribution in [1.29, 1.82) is 0 Å². The first kappa shape index (κ1) is 17.3. The number of anilines is 1. The van der Waals surface area contributed by atoms with Gasteiger partial charge in [-0.2, -0.15) is 0 Å². The van der Waals surface area contributed by atoms with Crippen molar-refractivity contribution in [2.75, 3.05) is 24.7 Å². The third-order valence-corrected chi connectivity index (χ3v) is 5.00. The molecule has 3 N–H and O–H groups in total. The van der Waals surface area contributed by atoms with Gasteiger partial charge in [0.05, 0.1) is 31.5 Å². The quantitative estimate of drug-likeness (QED) is 0.705. The standard InChI is InChI=1S/C18H17ClN4O2S/c19-12-2-1-11(13(7-12)14-9-25-6-5-20-14)8-23-15-3-4-21-17(15)18(24)22-16(23)10-26/h1-4,7,14,20-21H,5-6,8-9H2,(H,22,24)/t14-/m0/s1. The van der Waals surface area contributed by atoms with Gasteiger partial charge in [0.25, 0.3) is 5.91 Å². The van der Waals surface area contributed by atoms with Gasteiger partial charge in [0.2, 0.25) is 0 Å². The monoisotopic (exact) mass is 388 g/mol. The zero-order chi connectivity index (χ0) is 18.1. The van der Waals surface area contributed by atoms with Crippen LogP contribution >= 0.6 is 23.8 Å². The Balaban J connectivity index is 1.72. The third-order valence-electron chi connectivity index (χ3n) is 4.57. The number of aromatic amines is 1. The smallest absolute Gasteiger partial charge is 0.275 e. The molecule has 1 atom stereocenters. The summed E-state index contributed by atoms with van der Waals surface area (Å²) in [4.78, 5) is 17.1. The average molecular weight is 389 g/mol. The second kappa shape index (κ2) is 7.23. The van der Waals surface area contributed by atoms with E-state index in [0.717, 1.165) is 23.4 Å². The lowest BCUT2D eigenvalue weighted by Gasteiger charge is -2.32. The number of benzene rings is 1. The predicted molar refractivity (Wildman–Crippen MR) is 104 cm³/mol. The minimum Gasteiger partial charge on any atom is -0.378 e. The molecular formula is C18H17ClN4O2S. The summed E-state index contributed by atoms with van der Waals surface area (Å²) in [6, 6.07) is 7.76. The topological polar surface area (TPSA) is 69.4 Å². The molecule has 0 saturated carbocycles. The second-order valence-electron chi connectivity index (χ2n) is 6.15. The van der Waals surface area contributed by atoms with Gasteiger partial charge in [0, 0.05) is 17.8 Å². The minimum absolute atomic E-state index is 0.0717. The molecule has 1 aromatic carbocycles. The maximum absolute atomic E-state index is 12.2. The summed E-state index contributed by atoms with van der Waals surface area (Å²) < 4.78 is 5.61. The molecule has 1 amide bonds. The van der Waals surface area contributed by atoms with Crippen LogP contribution in [0.5, 0.6) is 0 Å². The number of thiocarbonyl (C=S) groups is 1. The molecule has 2 aromatic rings. The van der Waals surface area contributed by atoms with Crippen LogP contribution in [0.3, 0.4) is 0 Å². The van der Waals surface area contributed by atoms with Crippen molar-refractivity contribution in [2.45, 2.75) is 12.6 Å². The highest BCUT2D eigenvalue weighted by atomic mass is 35.5. The van der Waals surface area contributed by atoms with E-state index in [-0.39, 0.29) is 11.9 Å². The Labute approximate surface area is 161 Å². The highest BCUT2D eigenvalue weighted by Crippen LogP contribution is 2.31. The molecule has 0 spiro atoms. The predicted octanol–water partition coefficient (Wildman–Crippen LogP) is 2.52. The van der Waals surface area contributed by atoms with E-state index in [1.807, 2.05) is 29.2 Å². The first-order chi connectivity index (χ1) is 12.7. The first-order valence-corrected chi connectivity index (χ1v) is 9.07. The Kier molecular flexibility index (Phi) is 4.80. The number of aromatic nitrogens is 1. The number of morpholine rings is 1. The van der Waals surface area contributed by atoms with E-state index in [1.165, 1.54) is 0 Å². The Morgan fingerprint density at radius 1 is 1.38 bits per heavy atom. The van der Waals surface area contributed by atoms with Gasteiger partial charge in [0.1, 0.15) is 5.69 Å². The van der Waals surface area contributed by atoms with Gasteiger partial charge in [-0.15, -0.1) is 0 Å². The zero-order valence-corrected chi connectivity index (χ0v) is 15.4. The van der Waals surface area contributed by atoms with Crippen molar-refractivity contribution >= 4 is 40.4 Å². The lowest BCUT2D eigenvalue weighted by molar-refractivity contribution is 0.0766. The zero-order valence-electron chi connectivity index (χ0n) is 13.8. The summed E-state index contributed by atoms with van der Waals surface area (Å²) in [7, 11) is 0. The number of ether oxygens (including phenoxy) is 1. The number of carbonyl (C=O) groups excluding carboxylic acids is 1. The molecule has 0 unspecified atom stereocenters. The molecule has 1 aromatic heterocycles. The fraction of sp³-hybridized carbons (Fsp3) is 0.278. The van der Waals surface area contributed by atoms with E-state index >= 15 is 0 Å². The lowest BCUT2D eigenvalue weighted by Crippen LogP contribution is -2.41. The molecule has 1 fully saturated rings. The number of nitrogens with zero attached hydrogens (tertiary/aromatic N) is 1. The van der Waals surface area contributed by atoms with Crippen molar-refractivity contribution < 1.29 is 9.53 Å². The molecule has 2 aliphatic heterocycles. The fourth-order valence-electron chi connectivity index (χ4n) is 3.34. The maximum Gasteiger partial charge on any atom is 0.275 e. The Bertz CT molecular complexity index is 900. The highest BCUT2D eigenvalue weighted by molar-refractivity contribution is 7.78. The number of carbonyl (C=O) groups is 1. The van der Waals surface area contributed by atoms with Crippen LogP contribution in [-0.4, -0.2) is 35.7 Å². The Morgan fingerprint density at radius 2 is 2.27 bits per heavy atom. The first-order valence-electron chi connectivity index (χ1n) is 8.28. The molecule has 8 heteroatoms. The van der Waals surface area contributed by atoms with Gasteiger partial charge in [-0.3, -0.25) is 10.1 Å². The van der Waals surface area contributed by atoms with Crippen molar-refractivity contribution in [3.63, 3.8) is 0 Å². The van der Waals surface area contributed by atoms with Crippen LogP contribution in [-0.2, 0) is 11.3 Å². The van der Waals surface area contributed by atoms with Crippen molar-refractivity contribution in [2.24, 2.45) is 0 Å². The van der Waals surface area contributed by atoms with E-state index in [0.29, 0.717) is 36.3 Å². The molecule has 26 heavy (non-hydrogen) atoms. The van der Waals surface area contributed by atoms with Crippen LogP contribution in [0, 0.1) is 0 Å². The molecule has 2 aliphatic rings. The van der Waals surface area contributed by atoms with Crippen molar-refractivity contribution in [3.05, 3.63) is 58.1 Å². The summed E-state index contributed by atoms with van der Waals surface area (Å²) in [5.41, 5.74) is 3.43. The maximum atomic E-state index is 12.2. The number of H-pyrrole nitrogens is 1. The van der Waals surface area contributed by atoms with Crippen LogP contribution in [0.25, 0.3) is 0 Å². The Morgan fingerprint density at radius 3 is 3.04 bits per heavy atom. The summed E-state index contributed by atoms with van der Waals surface area (Å²) >= 11 is 11.2. The summed E-state index contributed by atoms with van der Waals surface area (Å²) in [6.45, 7) is 2.61. The van der Waals surface area contributed by atoms with E-state index in [2.05, 4.69) is 20.6 Å². The third kappa shape index (κ3) is 3.16. The van der Waals surface area contributed by atoms with Crippen LogP contribution < -0.4 is 15.5 Å².